The van der Waals surface area contributed by atoms with E-state index in [1.807, 2.05) is 18.2 Å². The summed E-state index contributed by atoms with van der Waals surface area (Å²) in [6.07, 6.45) is 0. The summed E-state index contributed by atoms with van der Waals surface area (Å²) in [6, 6.07) is 10.2. The number of carbonyl (C=O) groups excluding carboxylic acids is 1. The summed E-state index contributed by atoms with van der Waals surface area (Å²) in [7, 11) is 0. The Bertz CT molecular complexity index is 836. The van der Waals surface area contributed by atoms with Gasteiger partial charge in [-0.15, -0.1) is 0 Å². The zero-order valence-electron chi connectivity index (χ0n) is 14.7. The van der Waals surface area contributed by atoms with Crippen LogP contribution in [0.5, 0.6) is 0 Å². The van der Waals surface area contributed by atoms with Crippen LogP contribution in [-0.4, -0.2) is 28.2 Å². The lowest BCUT2D eigenvalue weighted by atomic mass is 9.87. The number of aromatic carboxylic acids is 2. The number of rotatable bonds is 4. The first-order valence-electron chi connectivity index (χ1n) is 7.86. The van der Waals surface area contributed by atoms with Gasteiger partial charge in [0.25, 0.3) is 0 Å². The van der Waals surface area contributed by atoms with Crippen molar-refractivity contribution in [3.63, 3.8) is 0 Å². The monoisotopic (exact) mass is 356 g/mol. The highest BCUT2D eigenvalue weighted by molar-refractivity contribution is 6.02. The molecule has 7 heteroatoms. The molecule has 2 aromatic rings. The minimum atomic E-state index is -1.28. The van der Waals surface area contributed by atoms with Gasteiger partial charge in [-0.3, -0.25) is 0 Å². The molecule has 0 bridgehead atoms. The number of benzene rings is 2. The fraction of sp³-hybridized carbons (Fsp3) is 0.211. The van der Waals surface area contributed by atoms with Crippen molar-refractivity contribution in [2.24, 2.45) is 0 Å². The Morgan fingerprint density at radius 2 is 1.35 bits per heavy atom. The fourth-order valence-corrected chi connectivity index (χ4v) is 2.30. The van der Waals surface area contributed by atoms with Crippen molar-refractivity contribution in [1.29, 1.82) is 0 Å². The van der Waals surface area contributed by atoms with E-state index in [1.165, 1.54) is 12.1 Å². The molecule has 26 heavy (non-hydrogen) atoms. The van der Waals surface area contributed by atoms with E-state index in [2.05, 4.69) is 31.4 Å². The Kier molecular flexibility index (Phi) is 5.30. The fourth-order valence-electron chi connectivity index (χ4n) is 2.30. The standard InChI is InChI=1S/C19H20N2O5/c1-19(2,3)13-5-4-6-14(10-13)20-18(26)21-15-8-11(16(22)23)7-12(9-15)17(24)25/h4-10H,1-3H3,(H,22,23)(H,24,25)(H2,20,21,26). The van der Waals surface area contributed by atoms with Crippen molar-refractivity contribution in [2.75, 3.05) is 10.6 Å². The smallest absolute Gasteiger partial charge is 0.335 e. The summed E-state index contributed by atoms with van der Waals surface area (Å²) >= 11 is 0. The van der Waals surface area contributed by atoms with Gasteiger partial charge in [-0.2, -0.15) is 0 Å². The lowest BCUT2D eigenvalue weighted by Crippen LogP contribution is -2.20. The van der Waals surface area contributed by atoms with E-state index in [9.17, 15) is 14.4 Å². The van der Waals surface area contributed by atoms with Crippen LogP contribution in [0, 0.1) is 0 Å². The third kappa shape index (κ3) is 4.83. The summed E-state index contributed by atoms with van der Waals surface area (Å²) < 4.78 is 0. The molecule has 4 N–H and O–H groups in total. The molecule has 2 rings (SSSR count). The van der Waals surface area contributed by atoms with E-state index >= 15 is 0 Å². The van der Waals surface area contributed by atoms with Gasteiger partial charge < -0.3 is 20.8 Å². The first-order chi connectivity index (χ1) is 12.1. The van der Waals surface area contributed by atoms with Crippen molar-refractivity contribution in [1.82, 2.24) is 0 Å². The number of carbonyl (C=O) groups is 3. The number of anilines is 2. The van der Waals surface area contributed by atoms with Crippen LogP contribution in [0.4, 0.5) is 16.2 Å². The van der Waals surface area contributed by atoms with Gasteiger partial charge in [0.2, 0.25) is 0 Å². The molecule has 0 saturated carbocycles. The van der Waals surface area contributed by atoms with E-state index in [1.54, 1.807) is 6.07 Å². The SMILES string of the molecule is CC(C)(C)c1cccc(NC(=O)Nc2cc(C(=O)O)cc(C(=O)O)c2)c1. The Balaban J connectivity index is 2.20. The molecule has 0 spiro atoms. The molecule has 7 nitrogen and oxygen atoms in total. The molecule has 0 aliphatic rings. The van der Waals surface area contributed by atoms with Crippen LogP contribution in [0.3, 0.4) is 0 Å². The highest BCUT2D eigenvalue weighted by Crippen LogP contribution is 2.24. The van der Waals surface area contributed by atoms with E-state index in [-0.39, 0.29) is 22.2 Å². The van der Waals surface area contributed by atoms with Gasteiger partial charge in [0, 0.05) is 11.4 Å². The van der Waals surface area contributed by atoms with Crippen molar-refractivity contribution in [3.05, 3.63) is 59.2 Å². The van der Waals surface area contributed by atoms with Crippen LogP contribution in [0.1, 0.15) is 47.1 Å². The summed E-state index contributed by atoms with van der Waals surface area (Å²) in [5, 5.41) is 23.3. The molecule has 2 amide bonds. The first-order valence-corrected chi connectivity index (χ1v) is 7.86. The summed E-state index contributed by atoms with van der Waals surface area (Å²) in [4.78, 5) is 34.4. The second kappa shape index (κ2) is 7.26. The molecular formula is C19H20N2O5. The molecule has 0 aliphatic heterocycles. The maximum atomic E-state index is 12.2. The Morgan fingerprint density at radius 3 is 1.85 bits per heavy atom. The number of hydrogen-bond donors (Lipinski definition) is 4. The van der Waals surface area contributed by atoms with Gasteiger partial charge in [-0.1, -0.05) is 32.9 Å². The average Bonchev–Trinajstić information content (AvgIpc) is 2.53. The Hall–Kier alpha value is -3.35. The second-order valence-electron chi connectivity index (χ2n) is 6.82. The zero-order valence-corrected chi connectivity index (χ0v) is 14.7. The number of nitrogens with one attached hydrogen (secondary N) is 2. The van der Waals surface area contributed by atoms with Gasteiger partial charge in [0.15, 0.2) is 0 Å². The number of hydrogen-bond acceptors (Lipinski definition) is 3. The third-order valence-electron chi connectivity index (χ3n) is 3.67. The van der Waals surface area contributed by atoms with Crippen molar-refractivity contribution >= 4 is 29.3 Å². The maximum Gasteiger partial charge on any atom is 0.335 e. The lowest BCUT2D eigenvalue weighted by molar-refractivity contribution is 0.0696. The van der Waals surface area contributed by atoms with Gasteiger partial charge in [0.05, 0.1) is 11.1 Å². The van der Waals surface area contributed by atoms with Crippen LogP contribution in [-0.2, 0) is 5.41 Å². The van der Waals surface area contributed by atoms with Crippen LogP contribution in [0.2, 0.25) is 0 Å². The van der Waals surface area contributed by atoms with Crippen LogP contribution in [0.25, 0.3) is 0 Å². The molecule has 0 radical (unpaired) electrons. The number of urea groups is 1. The Morgan fingerprint density at radius 1 is 0.808 bits per heavy atom. The molecule has 2 aromatic carbocycles. The highest BCUT2D eigenvalue weighted by atomic mass is 16.4. The van der Waals surface area contributed by atoms with E-state index < -0.39 is 18.0 Å². The van der Waals surface area contributed by atoms with Gasteiger partial charge in [-0.25, -0.2) is 14.4 Å². The largest absolute Gasteiger partial charge is 0.478 e. The number of carboxylic acid groups (broad SMARTS) is 2. The van der Waals surface area contributed by atoms with Crippen LogP contribution in [0.15, 0.2) is 42.5 Å². The van der Waals surface area contributed by atoms with Gasteiger partial charge >= 0.3 is 18.0 Å². The van der Waals surface area contributed by atoms with E-state index in [0.717, 1.165) is 11.6 Å². The van der Waals surface area contributed by atoms with Crippen molar-refractivity contribution in [3.8, 4) is 0 Å². The molecule has 0 saturated heterocycles. The van der Waals surface area contributed by atoms with Gasteiger partial charge in [-0.05, 0) is 41.3 Å². The third-order valence-corrected chi connectivity index (χ3v) is 3.67. The van der Waals surface area contributed by atoms with Crippen LogP contribution >= 0.6 is 0 Å². The molecule has 0 aliphatic carbocycles. The molecule has 0 unspecified atom stereocenters. The van der Waals surface area contributed by atoms with E-state index in [0.29, 0.717) is 5.69 Å². The Labute approximate surface area is 150 Å². The predicted octanol–water partition coefficient (Wildman–Crippen LogP) is 4.02. The minimum absolute atomic E-state index is 0.0757. The number of carboxylic acids is 2. The van der Waals surface area contributed by atoms with Gasteiger partial charge in [0.1, 0.15) is 0 Å². The molecule has 0 fully saturated rings. The molecule has 0 atom stereocenters. The summed E-state index contributed by atoms with van der Waals surface area (Å²) in [5.41, 5.74) is 1.15. The summed E-state index contributed by atoms with van der Waals surface area (Å²) in [5.74, 6) is -2.57. The van der Waals surface area contributed by atoms with Crippen molar-refractivity contribution < 1.29 is 24.6 Å². The quantitative estimate of drug-likeness (QED) is 0.660. The summed E-state index contributed by atoms with van der Waals surface area (Å²) in [6.45, 7) is 6.16. The van der Waals surface area contributed by atoms with Crippen molar-refractivity contribution in [2.45, 2.75) is 26.2 Å². The molecule has 0 heterocycles. The molecule has 0 aromatic heterocycles. The molecule has 136 valence electrons. The highest BCUT2D eigenvalue weighted by Gasteiger charge is 2.15. The number of amides is 2. The normalized spacial score (nSPS) is 10.9. The molecular weight excluding hydrogens is 336 g/mol. The van der Waals surface area contributed by atoms with Crippen LogP contribution < -0.4 is 10.6 Å². The topological polar surface area (TPSA) is 116 Å². The average molecular weight is 356 g/mol. The predicted molar refractivity (Wildman–Crippen MR) is 98.1 cm³/mol. The maximum absolute atomic E-state index is 12.2. The lowest BCUT2D eigenvalue weighted by Gasteiger charge is -2.20. The first kappa shape index (κ1) is 19.0. The van der Waals surface area contributed by atoms with E-state index in [4.69, 9.17) is 10.2 Å². The zero-order chi connectivity index (χ0) is 19.5. The minimum Gasteiger partial charge on any atom is -0.478 e. The second-order valence-corrected chi connectivity index (χ2v) is 6.82.